The average Bonchev–Trinajstić information content (AvgIpc) is 2.37. The first-order valence-corrected chi connectivity index (χ1v) is 6.56. The van der Waals surface area contributed by atoms with Gasteiger partial charge in [0.25, 0.3) is 5.91 Å². The van der Waals surface area contributed by atoms with E-state index < -0.39 is 0 Å². The van der Waals surface area contributed by atoms with E-state index in [4.69, 9.17) is 23.1 Å². The Morgan fingerprint density at radius 1 is 1.15 bits per heavy atom. The molecule has 0 saturated carbocycles. The van der Waals surface area contributed by atoms with Crippen LogP contribution in [0.2, 0.25) is 5.02 Å². The van der Waals surface area contributed by atoms with Crippen molar-refractivity contribution >= 4 is 28.9 Å². The van der Waals surface area contributed by atoms with E-state index in [1.54, 1.807) is 24.3 Å². The molecule has 2 rings (SSSR count). The summed E-state index contributed by atoms with van der Waals surface area (Å²) in [6, 6.07) is 12.0. The molecule has 104 valence electrons. The van der Waals surface area contributed by atoms with Crippen LogP contribution in [0.5, 0.6) is 0 Å². The van der Waals surface area contributed by atoms with Crippen LogP contribution in [-0.2, 0) is 0 Å². The topological polar surface area (TPSA) is 81.1 Å². The van der Waals surface area contributed by atoms with E-state index in [1.165, 1.54) is 0 Å². The van der Waals surface area contributed by atoms with Crippen molar-refractivity contribution in [1.29, 1.82) is 0 Å². The van der Waals surface area contributed by atoms with Gasteiger partial charge in [0.1, 0.15) is 0 Å². The van der Waals surface area contributed by atoms with Gasteiger partial charge in [-0.15, -0.1) is 0 Å². The predicted molar refractivity (Wildman–Crippen MR) is 82.6 cm³/mol. The van der Waals surface area contributed by atoms with Gasteiger partial charge in [0.2, 0.25) is 0 Å². The summed E-state index contributed by atoms with van der Waals surface area (Å²) in [6.07, 6.45) is 0. The Kier molecular flexibility index (Phi) is 4.15. The van der Waals surface area contributed by atoms with E-state index in [0.717, 1.165) is 5.56 Å². The van der Waals surface area contributed by atoms with Gasteiger partial charge in [-0.1, -0.05) is 23.7 Å². The molecule has 0 aromatic heterocycles. The SMILES string of the molecule is CC(NC(=O)c1cc(N)cc(N)c1)c1cccc(Cl)c1. The number of anilines is 2. The summed E-state index contributed by atoms with van der Waals surface area (Å²) in [6.45, 7) is 1.89. The van der Waals surface area contributed by atoms with Crippen LogP contribution in [-0.4, -0.2) is 5.91 Å². The standard InChI is InChI=1S/C15H16ClN3O/c1-9(10-3-2-4-12(16)5-10)19-15(20)11-6-13(17)8-14(18)7-11/h2-9H,17-18H2,1H3,(H,19,20). The molecule has 2 aromatic carbocycles. The zero-order valence-corrected chi connectivity index (χ0v) is 11.8. The number of benzene rings is 2. The van der Waals surface area contributed by atoms with E-state index >= 15 is 0 Å². The molecule has 1 unspecified atom stereocenters. The van der Waals surface area contributed by atoms with E-state index in [9.17, 15) is 4.79 Å². The number of halogens is 1. The highest BCUT2D eigenvalue weighted by Crippen LogP contribution is 2.19. The molecule has 0 fully saturated rings. The molecular formula is C15H16ClN3O. The largest absolute Gasteiger partial charge is 0.399 e. The van der Waals surface area contributed by atoms with Crippen molar-refractivity contribution in [3.8, 4) is 0 Å². The lowest BCUT2D eigenvalue weighted by molar-refractivity contribution is 0.0940. The van der Waals surface area contributed by atoms with Crippen LogP contribution in [0, 0.1) is 0 Å². The number of nitrogens with two attached hydrogens (primary N) is 2. The van der Waals surface area contributed by atoms with E-state index in [2.05, 4.69) is 5.32 Å². The molecule has 0 aliphatic carbocycles. The maximum atomic E-state index is 12.2. The highest BCUT2D eigenvalue weighted by molar-refractivity contribution is 6.30. The first-order chi connectivity index (χ1) is 9.45. The predicted octanol–water partition coefficient (Wildman–Crippen LogP) is 3.00. The summed E-state index contributed by atoms with van der Waals surface area (Å²) in [5.74, 6) is -0.225. The van der Waals surface area contributed by atoms with Crippen LogP contribution >= 0.6 is 11.6 Å². The molecule has 0 radical (unpaired) electrons. The number of rotatable bonds is 3. The molecule has 20 heavy (non-hydrogen) atoms. The summed E-state index contributed by atoms with van der Waals surface area (Å²) in [5, 5.41) is 3.52. The maximum absolute atomic E-state index is 12.2. The zero-order chi connectivity index (χ0) is 14.7. The van der Waals surface area contributed by atoms with Gasteiger partial charge in [0.15, 0.2) is 0 Å². The van der Waals surface area contributed by atoms with Crippen molar-refractivity contribution < 1.29 is 4.79 Å². The minimum atomic E-state index is -0.225. The summed E-state index contributed by atoms with van der Waals surface area (Å²) in [7, 11) is 0. The van der Waals surface area contributed by atoms with Gasteiger partial charge in [-0.2, -0.15) is 0 Å². The van der Waals surface area contributed by atoms with Crippen LogP contribution in [0.4, 0.5) is 11.4 Å². The number of hydrogen-bond donors (Lipinski definition) is 3. The van der Waals surface area contributed by atoms with Crippen molar-refractivity contribution in [2.75, 3.05) is 11.5 Å². The highest BCUT2D eigenvalue weighted by Gasteiger charge is 2.12. The number of nitrogen functional groups attached to an aromatic ring is 2. The van der Waals surface area contributed by atoms with Crippen LogP contribution in [0.3, 0.4) is 0 Å². The number of carbonyl (C=O) groups excluding carboxylic acids is 1. The fraction of sp³-hybridized carbons (Fsp3) is 0.133. The Morgan fingerprint density at radius 3 is 2.40 bits per heavy atom. The van der Waals surface area contributed by atoms with Crippen LogP contribution in [0.1, 0.15) is 28.9 Å². The van der Waals surface area contributed by atoms with Crippen molar-refractivity contribution in [3.63, 3.8) is 0 Å². The molecule has 0 spiro atoms. The lowest BCUT2D eigenvalue weighted by atomic mass is 10.1. The Bertz CT molecular complexity index is 623. The Morgan fingerprint density at radius 2 is 1.80 bits per heavy atom. The zero-order valence-electron chi connectivity index (χ0n) is 11.1. The summed E-state index contributed by atoms with van der Waals surface area (Å²) >= 11 is 5.94. The number of carbonyl (C=O) groups is 1. The van der Waals surface area contributed by atoms with Crippen LogP contribution < -0.4 is 16.8 Å². The van der Waals surface area contributed by atoms with E-state index in [0.29, 0.717) is 22.0 Å². The van der Waals surface area contributed by atoms with E-state index in [1.807, 2.05) is 25.1 Å². The Labute approximate surface area is 122 Å². The van der Waals surface area contributed by atoms with Crippen LogP contribution in [0.15, 0.2) is 42.5 Å². The molecule has 4 nitrogen and oxygen atoms in total. The first-order valence-electron chi connectivity index (χ1n) is 6.18. The fourth-order valence-electron chi connectivity index (χ4n) is 1.95. The van der Waals surface area contributed by atoms with Gasteiger partial charge in [-0.25, -0.2) is 0 Å². The molecule has 1 atom stereocenters. The summed E-state index contributed by atoms with van der Waals surface area (Å²) < 4.78 is 0. The fourth-order valence-corrected chi connectivity index (χ4v) is 2.15. The van der Waals surface area contributed by atoms with Crippen molar-refractivity contribution in [2.45, 2.75) is 13.0 Å². The van der Waals surface area contributed by atoms with Crippen molar-refractivity contribution in [2.24, 2.45) is 0 Å². The quantitative estimate of drug-likeness (QED) is 0.760. The third-order valence-electron chi connectivity index (χ3n) is 2.94. The van der Waals surface area contributed by atoms with Gasteiger partial charge in [0.05, 0.1) is 6.04 Å². The smallest absolute Gasteiger partial charge is 0.251 e. The minimum Gasteiger partial charge on any atom is -0.399 e. The van der Waals surface area contributed by atoms with E-state index in [-0.39, 0.29) is 11.9 Å². The minimum absolute atomic E-state index is 0.163. The van der Waals surface area contributed by atoms with Crippen LogP contribution in [0.25, 0.3) is 0 Å². The van der Waals surface area contributed by atoms with Gasteiger partial charge < -0.3 is 16.8 Å². The number of amides is 1. The lowest BCUT2D eigenvalue weighted by Crippen LogP contribution is -2.26. The average molecular weight is 290 g/mol. The normalized spacial score (nSPS) is 11.9. The Hall–Kier alpha value is -2.20. The number of hydrogen-bond acceptors (Lipinski definition) is 3. The molecule has 0 aliphatic heterocycles. The molecule has 0 aliphatic rings. The Balaban J connectivity index is 2.15. The van der Waals surface area contributed by atoms with Gasteiger partial charge >= 0.3 is 0 Å². The lowest BCUT2D eigenvalue weighted by Gasteiger charge is -2.15. The second-order valence-electron chi connectivity index (χ2n) is 4.64. The molecule has 0 saturated heterocycles. The van der Waals surface area contributed by atoms with Crippen molar-refractivity contribution in [3.05, 3.63) is 58.6 Å². The second-order valence-corrected chi connectivity index (χ2v) is 5.07. The monoisotopic (exact) mass is 289 g/mol. The number of nitrogens with one attached hydrogen (secondary N) is 1. The van der Waals surface area contributed by atoms with Gasteiger partial charge in [-0.3, -0.25) is 4.79 Å². The maximum Gasteiger partial charge on any atom is 0.251 e. The molecule has 5 N–H and O–H groups in total. The highest BCUT2D eigenvalue weighted by atomic mass is 35.5. The first kappa shape index (κ1) is 14.2. The van der Waals surface area contributed by atoms with Gasteiger partial charge in [-0.05, 0) is 42.8 Å². The third kappa shape index (κ3) is 3.42. The molecule has 0 heterocycles. The second kappa shape index (κ2) is 5.84. The summed E-state index contributed by atoms with van der Waals surface area (Å²) in [4.78, 5) is 12.2. The molecule has 1 amide bonds. The summed E-state index contributed by atoms with van der Waals surface area (Å²) in [5.41, 5.74) is 13.7. The van der Waals surface area contributed by atoms with Gasteiger partial charge in [0, 0.05) is 22.0 Å². The molecule has 0 bridgehead atoms. The third-order valence-corrected chi connectivity index (χ3v) is 3.17. The van der Waals surface area contributed by atoms with Crippen molar-refractivity contribution in [1.82, 2.24) is 5.32 Å². The molecule has 2 aromatic rings. The molecular weight excluding hydrogens is 274 g/mol. The molecule has 5 heteroatoms.